The van der Waals surface area contributed by atoms with Crippen LogP contribution in [-0.2, 0) is 22.5 Å². The largest absolute Gasteiger partial charge is 0.381 e. The van der Waals surface area contributed by atoms with Gasteiger partial charge in [-0.2, -0.15) is 0 Å². The highest BCUT2D eigenvalue weighted by molar-refractivity contribution is 7.92. The maximum Gasteiger partial charge on any atom is 0.255 e. The predicted molar refractivity (Wildman–Crippen MR) is 129 cm³/mol. The third-order valence-electron chi connectivity index (χ3n) is 7.56. The molecule has 0 spiro atoms. The van der Waals surface area contributed by atoms with Crippen molar-refractivity contribution in [3.8, 4) is 0 Å². The molecule has 0 aliphatic heterocycles. The second-order valence-electron chi connectivity index (χ2n) is 9.65. The molecule has 2 N–H and O–H groups in total. The third-order valence-corrected chi connectivity index (χ3v) is 10.2. The lowest BCUT2D eigenvalue weighted by Crippen LogP contribution is -2.47. The molecular formula is C25H23ClF3N3O4S. The van der Waals surface area contributed by atoms with Gasteiger partial charge in [0.1, 0.15) is 11.4 Å². The minimum atomic E-state index is -4.02. The topological polar surface area (TPSA) is 101 Å². The number of benzene rings is 2. The molecular weight excluding hydrogens is 531 g/mol. The molecule has 2 aromatic carbocycles. The number of hydrogen-bond donors (Lipinski definition) is 2. The van der Waals surface area contributed by atoms with Gasteiger partial charge in [0.05, 0.1) is 15.2 Å². The lowest BCUT2D eigenvalue weighted by atomic mass is 9.73. The Balaban J connectivity index is 1.41. The normalized spacial score (nSPS) is 25.3. The summed E-state index contributed by atoms with van der Waals surface area (Å²) in [6.07, 6.45) is 5.04. The number of aromatic nitrogens is 2. The summed E-state index contributed by atoms with van der Waals surface area (Å²) >= 11 is 6.26. The van der Waals surface area contributed by atoms with Crippen molar-refractivity contribution in [2.75, 3.05) is 5.32 Å². The number of hydrogen-bond acceptors (Lipinski definition) is 5. The molecule has 196 valence electrons. The standard InChI is InChI=1S/C25H23ClF3N3O4S/c1-32-7-6-30-24(32)25(34)14-3-4-15(25)10-17(9-14)37(35,36)21-8-13(2-5-18(21)26)23(33)31-16-11-19(27)22(29)20(28)12-16/h2,5-8,11-12,14-15,17,34H,3-4,9-10H2,1H3,(H,31,33)/t14-,15?,17?,25?/m0/s1. The number of carbonyl (C=O) groups excluding carboxylic acids is 1. The number of fused-ring (bicyclic) bond motifs is 2. The van der Waals surface area contributed by atoms with Crippen LogP contribution in [0.15, 0.2) is 47.6 Å². The number of halogens is 4. The number of amides is 1. The van der Waals surface area contributed by atoms with E-state index >= 15 is 0 Å². The zero-order valence-electron chi connectivity index (χ0n) is 19.6. The van der Waals surface area contributed by atoms with Crippen LogP contribution in [0.1, 0.15) is 41.9 Å². The maximum atomic E-state index is 13.7. The average Bonchev–Trinajstić information content (AvgIpc) is 3.31. The van der Waals surface area contributed by atoms with E-state index in [9.17, 15) is 31.5 Å². The molecule has 2 fully saturated rings. The average molecular weight is 554 g/mol. The molecule has 12 heteroatoms. The van der Waals surface area contributed by atoms with Crippen LogP contribution in [0.25, 0.3) is 0 Å². The van der Waals surface area contributed by atoms with E-state index in [1.165, 1.54) is 12.1 Å². The fourth-order valence-corrected chi connectivity index (χ4v) is 8.15. The Morgan fingerprint density at radius 1 is 1.14 bits per heavy atom. The number of aryl methyl sites for hydroxylation is 1. The van der Waals surface area contributed by atoms with Gasteiger partial charge in [0.2, 0.25) is 0 Å². The molecule has 37 heavy (non-hydrogen) atoms. The SMILES string of the molecule is Cn1ccnc1C1(O)C2CC[C@H]1CC(S(=O)(=O)c1cc(C(=O)Nc3cc(F)c(F)c(F)c3)ccc1Cl)C2. The Kier molecular flexibility index (Phi) is 6.36. The van der Waals surface area contributed by atoms with Crippen molar-refractivity contribution in [1.29, 1.82) is 0 Å². The van der Waals surface area contributed by atoms with Gasteiger partial charge in [0, 0.05) is 42.8 Å². The van der Waals surface area contributed by atoms with Crippen LogP contribution in [0, 0.1) is 29.3 Å². The van der Waals surface area contributed by atoms with Crippen LogP contribution < -0.4 is 5.32 Å². The van der Waals surface area contributed by atoms with Crippen LogP contribution in [-0.4, -0.2) is 34.2 Å². The Morgan fingerprint density at radius 3 is 2.32 bits per heavy atom. The second-order valence-corrected chi connectivity index (χ2v) is 12.3. The van der Waals surface area contributed by atoms with Crippen LogP contribution in [0.2, 0.25) is 5.02 Å². The van der Waals surface area contributed by atoms with Crippen molar-refractivity contribution < 1.29 is 31.5 Å². The third kappa shape index (κ3) is 4.22. The minimum Gasteiger partial charge on any atom is -0.381 e. The summed E-state index contributed by atoms with van der Waals surface area (Å²) in [6, 6.07) is 4.88. The molecule has 1 amide bonds. The fraction of sp³-hybridized carbons (Fsp3) is 0.360. The van der Waals surface area contributed by atoms with Gasteiger partial charge in [-0.1, -0.05) is 11.6 Å². The molecule has 2 saturated carbocycles. The first kappa shape index (κ1) is 25.7. The number of sulfone groups is 1. The summed E-state index contributed by atoms with van der Waals surface area (Å²) in [7, 11) is -2.23. The van der Waals surface area contributed by atoms with Crippen LogP contribution in [0.4, 0.5) is 18.9 Å². The Labute approximate surface area is 216 Å². The van der Waals surface area contributed by atoms with E-state index in [0.29, 0.717) is 30.8 Å². The molecule has 1 aromatic heterocycles. The van der Waals surface area contributed by atoms with E-state index in [2.05, 4.69) is 10.3 Å². The fourth-order valence-electron chi connectivity index (χ4n) is 5.74. The Morgan fingerprint density at radius 2 is 1.76 bits per heavy atom. The van der Waals surface area contributed by atoms with Gasteiger partial charge >= 0.3 is 0 Å². The lowest BCUT2D eigenvalue weighted by molar-refractivity contribution is -0.0738. The smallest absolute Gasteiger partial charge is 0.255 e. The zero-order valence-corrected chi connectivity index (χ0v) is 21.2. The molecule has 7 nitrogen and oxygen atoms in total. The molecule has 3 aromatic rings. The quantitative estimate of drug-likeness (QED) is 0.450. The van der Waals surface area contributed by atoms with Gasteiger partial charge in [0.15, 0.2) is 27.3 Å². The number of nitrogens with zero attached hydrogens (tertiary/aromatic N) is 2. The number of rotatable bonds is 5. The van der Waals surface area contributed by atoms with E-state index in [4.69, 9.17) is 11.6 Å². The summed E-state index contributed by atoms with van der Waals surface area (Å²) in [5.41, 5.74) is -1.68. The van der Waals surface area contributed by atoms with Crippen LogP contribution >= 0.6 is 11.6 Å². The van der Waals surface area contributed by atoms with Crippen molar-refractivity contribution in [1.82, 2.24) is 9.55 Å². The van der Waals surface area contributed by atoms with E-state index in [0.717, 1.165) is 6.07 Å². The van der Waals surface area contributed by atoms with Crippen LogP contribution in [0.5, 0.6) is 0 Å². The van der Waals surface area contributed by atoms with Gasteiger partial charge in [0.25, 0.3) is 5.91 Å². The van der Waals surface area contributed by atoms with Gasteiger partial charge in [-0.05, 0) is 55.7 Å². The summed E-state index contributed by atoms with van der Waals surface area (Å²) in [6.45, 7) is 0. The Hall–Kier alpha value is -2.89. The van der Waals surface area contributed by atoms with Gasteiger partial charge in [-0.25, -0.2) is 26.6 Å². The highest BCUT2D eigenvalue weighted by Gasteiger charge is 2.58. The van der Waals surface area contributed by atoms with Crippen molar-refractivity contribution in [2.45, 2.75) is 41.4 Å². The summed E-state index contributed by atoms with van der Waals surface area (Å²) in [5, 5.41) is 12.9. The first-order chi connectivity index (χ1) is 17.4. The number of carbonyl (C=O) groups is 1. The van der Waals surface area contributed by atoms with E-state index < -0.39 is 44.0 Å². The number of nitrogens with one attached hydrogen (secondary N) is 1. The van der Waals surface area contributed by atoms with Crippen molar-refractivity contribution in [3.63, 3.8) is 0 Å². The van der Waals surface area contributed by atoms with Gasteiger partial charge in [-0.3, -0.25) is 4.79 Å². The molecule has 1 heterocycles. The van der Waals surface area contributed by atoms with Crippen molar-refractivity contribution in [3.05, 3.63) is 76.6 Å². The van der Waals surface area contributed by atoms with Gasteiger partial charge < -0.3 is 15.0 Å². The summed E-state index contributed by atoms with van der Waals surface area (Å²) in [4.78, 5) is 16.8. The Bertz CT molecular complexity index is 1470. The summed E-state index contributed by atoms with van der Waals surface area (Å²) < 4.78 is 69.4. The first-order valence-corrected chi connectivity index (χ1v) is 13.5. The minimum absolute atomic E-state index is 0.0762. The van der Waals surface area contributed by atoms with Crippen molar-refractivity contribution >= 4 is 33.0 Å². The molecule has 2 bridgehead atoms. The van der Waals surface area contributed by atoms with Crippen molar-refractivity contribution in [2.24, 2.45) is 18.9 Å². The van der Waals surface area contributed by atoms with E-state index in [1.54, 1.807) is 24.0 Å². The molecule has 0 saturated heterocycles. The van der Waals surface area contributed by atoms with Gasteiger partial charge in [-0.15, -0.1) is 0 Å². The molecule has 3 unspecified atom stereocenters. The second kappa shape index (κ2) is 9.14. The van der Waals surface area contributed by atoms with E-state index in [1.807, 2.05) is 0 Å². The predicted octanol–water partition coefficient (Wildman–Crippen LogP) is 4.59. The molecule has 0 radical (unpaired) electrons. The number of anilines is 1. The molecule has 2 aliphatic carbocycles. The molecule has 5 rings (SSSR count). The summed E-state index contributed by atoms with van der Waals surface area (Å²) in [5.74, 6) is -5.61. The maximum absolute atomic E-state index is 13.7. The lowest BCUT2D eigenvalue weighted by Gasteiger charge is -2.41. The number of aliphatic hydroxyl groups is 1. The highest BCUT2D eigenvalue weighted by atomic mass is 35.5. The van der Waals surface area contributed by atoms with Crippen LogP contribution in [0.3, 0.4) is 0 Å². The zero-order chi connectivity index (χ0) is 26.7. The highest BCUT2D eigenvalue weighted by Crippen LogP contribution is 2.56. The van der Waals surface area contributed by atoms with E-state index in [-0.39, 0.29) is 45.8 Å². The first-order valence-electron chi connectivity index (χ1n) is 11.6. The molecule has 4 atom stereocenters. The monoisotopic (exact) mass is 553 g/mol. The number of imidazole rings is 1. The molecule has 2 aliphatic rings.